The number of hydrogen-bond acceptors (Lipinski definition) is 6. The minimum atomic E-state index is -1.44. The Morgan fingerprint density at radius 3 is 2.26 bits per heavy atom. The summed E-state index contributed by atoms with van der Waals surface area (Å²) in [5.74, 6) is -0.556. The van der Waals surface area contributed by atoms with E-state index < -0.39 is 23.4 Å². The largest absolute Gasteiger partial charge is 0.344 e. The first-order valence-electron chi connectivity index (χ1n) is 11.1. The van der Waals surface area contributed by atoms with Gasteiger partial charge in [0.05, 0.1) is 0 Å². The SMILES string of the molecule is Cc1nc2ncnn2c(C)c1CCC(=O)NN1C(=O)NC(c2ccccc2)(c2ccccc2)C1=O. The number of aromatic nitrogens is 4. The van der Waals surface area contributed by atoms with Crippen LogP contribution in [0.3, 0.4) is 0 Å². The average Bonchev–Trinajstić information content (AvgIpc) is 3.44. The molecule has 0 saturated carbocycles. The van der Waals surface area contributed by atoms with Crippen LogP contribution in [-0.2, 0) is 21.5 Å². The van der Waals surface area contributed by atoms with Crippen LogP contribution < -0.4 is 10.7 Å². The second kappa shape index (κ2) is 8.64. The van der Waals surface area contributed by atoms with Gasteiger partial charge in [-0.2, -0.15) is 15.1 Å². The number of nitrogens with one attached hydrogen (secondary N) is 2. The molecule has 176 valence electrons. The van der Waals surface area contributed by atoms with Gasteiger partial charge in [-0.3, -0.25) is 15.0 Å². The van der Waals surface area contributed by atoms with E-state index in [-0.39, 0.29) is 6.42 Å². The second-order valence-electron chi connectivity index (χ2n) is 8.32. The number of hydrogen-bond donors (Lipinski definition) is 2. The first-order valence-corrected chi connectivity index (χ1v) is 11.1. The number of rotatable bonds is 6. The lowest BCUT2D eigenvalue weighted by Gasteiger charge is -2.27. The summed E-state index contributed by atoms with van der Waals surface area (Å²) in [6.07, 6.45) is 1.83. The van der Waals surface area contributed by atoms with E-state index in [9.17, 15) is 14.4 Å². The van der Waals surface area contributed by atoms with E-state index in [4.69, 9.17) is 0 Å². The summed E-state index contributed by atoms with van der Waals surface area (Å²) in [5, 5.41) is 7.73. The molecule has 35 heavy (non-hydrogen) atoms. The quantitative estimate of drug-likeness (QED) is 0.418. The Kier molecular flexibility index (Phi) is 5.48. The number of hydrazine groups is 1. The molecule has 0 aliphatic carbocycles. The molecule has 4 amide bonds. The molecule has 0 spiro atoms. The number of benzene rings is 2. The number of imide groups is 1. The van der Waals surface area contributed by atoms with Crippen molar-refractivity contribution in [2.24, 2.45) is 0 Å². The smallest absolute Gasteiger partial charge is 0.314 e. The summed E-state index contributed by atoms with van der Waals surface area (Å²) in [5.41, 5.74) is 4.68. The third kappa shape index (κ3) is 3.68. The van der Waals surface area contributed by atoms with Crippen LogP contribution in [0.4, 0.5) is 4.79 Å². The Hall–Kier alpha value is -4.60. The van der Waals surface area contributed by atoms with Gasteiger partial charge < -0.3 is 5.32 Å². The molecule has 0 bridgehead atoms. The molecule has 1 fully saturated rings. The van der Waals surface area contributed by atoms with Gasteiger partial charge in [-0.05, 0) is 37.0 Å². The predicted molar refractivity (Wildman–Crippen MR) is 126 cm³/mol. The van der Waals surface area contributed by atoms with Gasteiger partial charge in [0.15, 0.2) is 5.54 Å². The van der Waals surface area contributed by atoms with Gasteiger partial charge in [0, 0.05) is 17.8 Å². The van der Waals surface area contributed by atoms with Crippen LogP contribution in [0.2, 0.25) is 0 Å². The number of urea groups is 1. The Balaban J connectivity index is 1.38. The van der Waals surface area contributed by atoms with Gasteiger partial charge in [-0.1, -0.05) is 60.7 Å². The molecule has 0 radical (unpaired) electrons. The van der Waals surface area contributed by atoms with E-state index in [1.54, 1.807) is 53.0 Å². The topological polar surface area (TPSA) is 122 Å². The van der Waals surface area contributed by atoms with Crippen molar-refractivity contribution in [3.8, 4) is 0 Å². The number of amides is 4. The third-order valence-electron chi connectivity index (χ3n) is 6.26. The summed E-state index contributed by atoms with van der Waals surface area (Å²) in [6.45, 7) is 3.73. The van der Waals surface area contributed by atoms with E-state index in [0.717, 1.165) is 22.0 Å². The molecule has 0 atom stereocenters. The van der Waals surface area contributed by atoms with Crippen LogP contribution in [-0.4, -0.2) is 42.4 Å². The molecular formula is C25H23N7O3. The lowest BCUT2D eigenvalue weighted by atomic mass is 9.83. The number of nitrogens with zero attached hydrogens (tertiary/aromatic N) is 5. The van der Waals surface area contributed by atoms with Crippen LogP contribution in [0.25, 0.3) is 5.78 Å². The molecule has 3 heterocycles. The van der Waals surface area contributed by atoms with E-state index in [2.05, 4.69) is 25.8 Å². The first-order chi connectivity index (χ1) is 16.9. The fraction of sp³-hybridized carbons (Fsp3) is 0.200. The molecule has 1 aliphatic heterocycles. The average molecular weight is 470 g/mol. The van der Waals surface area contributed by atoms with Crippen molar-refractivity contribution >= 4 is 23.6 Å². The number of aryl methyl sites for hydroxylation is 2. The van der Waals surface area contributed by atoms with Crippen molar-refractivity contribution in [3.05, 3.63) is 95.1 Å². The van der Waals surface area contributed by atoms with Gasteiger partial charge in [-0.25, -0.2) is 14.3 Å². The van der Waals surface area contributed by atoms with E-state index >= 15 is 0 Å². The minimum absolute atomic E-state index is 0.0459. The number of fused-ring (bicyclic) bond motifs is 1. The molecule has 10 nitrogen and oxygen atoms in total. The van der Waals surface area contributed by atoms with Crippen LogP contribution in [0.15, 0.2) is 67.0 Å². The molecule has 10 heteroatoms. The Bertz CT molecular complexity index is 1390. The molecule has 2 aromatic carbocycles. The molecule has 5 rings (SSSR count). The molecule has 0 unspecified atom stereocenters. The maximum atomic E-state index is 13.7. The van der Waals surface area contributed by atoms with Crippen molar-refractivity contribution < 1.29 is 14.4 Å². The van der Waals surface area contributed by atoms with Crippen LogP contribution >= 0.6 is 0 Å². The summed E-state index contributed by atoms with van der Waals surface area (Å²) in [7, 11) is 0. The van der Waals surface area contributed by atoms with Crippen LogP contribution in [0, 0.1) is 13.8 Å². The summed E-state index contributed by atoms with van der Waals surface area (Å²) in [6, 6.07) is 17.2. The van der Waals surface area contributed by atoms with Gasteiger partial charge in [0.1, 0.15) is 6.33 Å². The zero-order chi connectivity index (χ0) is 24.6. The van der Waals surface area contributed by atoms with Crippen LogP contribution in [0.5, 0.6) is 0 Å². The molecule has 1 aliphatic rings. The van der Waals surface area contributed by atoms with Crippen molar-refractivity contribution in [2.45, 2.75) is 32.2 Å². The Morgan fingerprint density at radius 1 is 1.00 bits per heavy atom. The summed E-state index contributed by atoms with van der Waals surface area (Å²) in [4.78, 5) is 48.0. The standard InChI is InChI=1S/C25H23N7O3/c1-16-20(17(2)31-23(28-16)26-15-27-31)13-14-21(33)30-32-22(34)25(29-24(32)35,18-9-5-3-6-10-18)19-11-7-4-8-12-19/h3-12,15H,13-14H2,1-2H3,(H,29,35)(H,30,33). The van der Waals surface area contributed by atoms with E-state index in [0.29, 0.717) is 23.3 Å². The number of carbonyl (C=O) groups excluding carboxylic acids is 3. The van der Waals surface area contributed by atoms with E-state index in [1.807, 2.05) is 26.0 Å². The zero-order valence-electron chi connectivity index (χ0n) is 19.2. The maximum absolute atomic E-state index is 13.7. The fourth-order valence-electron chi connectivity index (χ4n) is 4.50. The monoisotopic (exact) mass is 469 g/mol. The molecule has 2 N–H and O–H groups in total. The van der Waals surface area contributed by atoms with Gasteiger partial charge in [0.25, 0.3) is 11.7 Å². The van der Waals surface area contributed by atoms with Crippen molar-refractivity contribution in [3.63, 3.8) is 0 Å². The number of carbonyl (C=O) groups is 3. The van der Waals surface area contributed by atoms with Crippen molar-refractivity contribution in [1.82, 2.24) is 35.3 Å². The van der Waals surface area contributed by atoms with Crippen molar-refractivity contribution in [2.75, 3.05) is 0 Å². The Morgan fingerprint density at radius 2 is 1.63 bits per heavy atom. The minimum Gasteiger partial charge on any atom is -0.314 e. The fourth-order valence-corrected chi connectivity index (χ4v) is 4.50. The zero-order valence-corrected chi connectivity index (χ0v) is 19.2. The third-order valence-corrected chi connectivity index (χ3v) is 6.26. The highest BCUT2D eigenvalue weighted by Crippen LogP contribution is 2.35. The normalized spacial score (nSPS) is 14.9. The molecular weight excluding hydrogens is 446 g/mol. The van der Waals surface area contributed by atoms with Crippen LogP contribution in [0.1, 0.15) is 34.5 Å². The second-order valence-corrected chi connectivity index (χ2v) is 8.32. The van der Waals surface area contributed by atoms with Gasteiger partial charge >= 0.3 is 6.03 Å². The molecule has 4 aromatic rings. The highest BCUT2D eigenvalue weighted by molar-refractivity contribution is 6.10. The summed E-state index contributed by atoms with van der Waals surface area (Å²) < 4.78 is 1.62. The Labute approximate surface area is 201 Å². The molecule has 1 saturated heterocycles. The maximum Gasteiger partial charge on any atom is 0.344 e. The summed E-state index contributed by atoms with van der Waals surface area (Å²) >= 11 is 0. The van der Waals surface area contributed by atoms with E-state index in [1.165, 1.54) is 6.33 Å². The highest BCUT2D eigenvalue weighted by atomic mass is 16.2. The highest BCUT2D eigenvalue weighted by Gasteiger charge is 2.54. The predicted octanol–water partition coefficient (Wildman–Crippen LogP) is 2.20. The molecule has 2 aromatic heterocycles. The van der Waals surface area contributed by atoms with Gasteiger partial charge in [-0.15, -0.1) is 0 Å². The lowest BCUT2D eigenvalue weighted by Crippen LogP contribution is -2.49. The lowest BCUT2D eigenvalue weighted by molar-refractivity contribution is -0.138. The van der Waals surface area contributed by atoms with Crippen molar-refractivity contribution in [1.29, 1.82) is 0 Å². The first kappa shape index (κ1) is 22.2. The van der Waals surface area contributed by atoms with Gasteiger partial charge in [0.2, 0.25) is 5.91 Å².